The van der Waals surface area contributed by atoms with Crippen LogP contribution in [0.25, 0.3) is 10.4 Å². The van der Waals surface area contributed by atoms with E-state index in [1.807, 2.05) is 29.6 Å². The van der Waals surface area contributed by atoms with Gasteiger partial charge in [-0.15, -0.1) is 11.3 Å². The Morgan fingerprint density at radius 2 is 1.83 bits per heavy atom. The van der Waals surface area contributed by atoms with Gasteiger partial charge in [-0.25, -0.2) is 4.79 Å². The minimum atomic E-state index is -2.97. The molecule has 2 unspecified atom stereocenters. The van der Waals surface area contributed by atoms with Crippen molar-refractivity contribution in [3.63, 3.8) is 0 Å². The van der Waals surface area contributed by atoms with Crippen molar-refractivity contribution in [2.75, 3.05) is 10.6 Å². The number of carbonyl (C=O) groups excluding carboxylic acids is 2. The Balaban J connectivity index is 1.83. The van der Waals surface area contributed by atoms with E-state index in [9.17, 15) is 19.0 Å². The fourth-order valence-electron chi connectivity index (χ4n) is 3.18. The largest absolute Gasteiger partial charge is 0.444 e. The van der Waals surface area contributed by atoms with Crippen molar-refractivity contribution < 1.29 is 23.8 Å². The summed E-state index contributed by atoms with van der Waals surface area (Å²) in [6.45, 7) is 5.28. The average molecular weight is 512 g/mol. The molecule has 0 aliphatic heterocycles. The van der Waals surface area contributed by atoms with E-state index in [1.54, 1.807) is 68.5 Å². The Bertz CT molecular complexity index is 1260. The van der Waals surface area contributed by atoms with Gasteiger partial charge in [0.05, 0.1) is 17.4 Å². The van der Waals surface area contributed by atoms with Crippen LogP contribution in [0.15, 0.2) is 60.0 Å². The Morgan fingerprint density at radius 1 is 1.11 bits per heavy atom. The molecule has 0 fully saturated rings. The quantitative estimate of drug-likeness (QED) is 0.338. The minimum Gasteiger partial charge on any atom is -0.444 e. The Labute approximate surface area is 208 Å². The number of nitrogens with one attached hydrogen (secondary N) is 2. The van der Waals surface area contributed by atoms with Gasteiger partial charge in [-0.05, 0) is 74.0 Å². The van der Waals surface area contributed by atoms with E-state index in [1.165, 1.54) is 0 Å². The lowest BCUT2D eigenvalue weighted by Crippen LogP contribution is -2.27. The predicted octanol–water partition coefficient (Wildman–Crippen LogP) is 5.92. The number of hydrogen-bond acceptors (Lipinski definition) is 6. The van der Waals surface area contributed by atoms with E-state index in [0.29, 0.717) is 22.5 Å². The molecule has 0 aliphatic carbocycles. The van der Waals surface area contributed by atoms with Crippen LogP contribution < -0.4 is 10.6 Å². The first kappa shape index (κ1) is 26.2. The monoisotopic (exact) mass is 511 g/mol. The van der Waals surface area contributed by atoms with E-state index in [2.05, 4.69) is 10.6 Å². The molecule has 3 aromatic rings. The van der Waals surface area contributed by atoms with Gasteiger partial charge in [-0.1, -0.05) is 24.3 Å². The van der Waals surface area contributed by atoms with Crippen LogP contribution in [-0.2, 0) is 15.7 Å². The highest BCUT2D eigenvalue weighted by molar-refractivity contribution is 7.39. The van der Waals surface area contributed by atoms with Gasteiger partial charge in [0.2, 0.25) is 8.03 Å². The fourth-order valence-corrected chi connectivity index (χ4v) is 4.42. The molecule has 0 saturated carbocycles. The number of amides is 2. The zero-order valence-electron chi connectivity index (χ0n) is 19.5. The molecular formula is C25H26N3O5PS. The number of hydrogen-bond donors (Lipinski definition) is 3. The second kappa shape index (κ2) is 11.3. The number of nitriles is 1. The van der Waals surface area contributed by atoms with Gasteiger partial charge in [0.15, 0.2) is 0 Å². The fraction of sp³-hybridized carbons (Fsp3) is 0.240. The van der Waals surface area contributed by atoms with Crippen LogP contribution in [0.5, 0.6) is 0 Å². The number of nitrogens with zero attached hydrogens (tertiary/aromatic N) is 1. The summed E-state index contributed by atoms with van der Waals surface area (Å²) in [5, 5.41) is 16.5. The van der Waals surface area contributed by atoms with E-state index < -0.39 is 31.3 Å². The lowest BCUT2D eigenvalue weighted by atomic mass is 10.1. The molecule has 1 heterocycles. The van der Waals surface area contributed by atoms with Gasteiger partial charge in [0.25, 0.3) is 5.91 Å². The van der Waals surface area contributed by atoms with Crippen molar-refractivity contribution in [3.8, 4) is 16.5 Å². The first-order valence-corrected chi connectivity index (χ1v) is 13.1. The Kier molecular flexibility index (Phi) is 8.47. The number of ether oxygens (including phenoxy) is 1. The maximum absolute atomic E-state index is 13.0. The second-order valence-corrected chi connectivity index (χ2v) is 11.1. The normalized spacial score (nSPS) is 12.8. The number of carbonyl (C=O) groups is 2. The number of anilines is 2. The molecule has 8 nitrogen and oxygen atoms in total. The summed E-state index contributed by atoms with van der Waals surface area (Å²) in [4.78, 5) is 35.6. The highest BCUT2D eigenvalue weighted by Gasteiger charge is 2.19. The number of benzene rings is 2. The van der Waals surface area contributed by atoms with Crippen molar-refractivity contribution in [1.82, 2.24) is 0 Å². The topological polar surface area (TPSA) is 129 Å². The maximum atomic E-state index is 13.0. The van der Waals surface area contributed by atoms with Gasteiger partial charge in [-0.2, -0.15) is 5.26 Å². The van der Waals surface area contributed by atoms with Crippen LogP contribution in [-0.4, -0.2) is 28.2 Å². The van der Waals surface area contributed by atoms with Crippen molar-refractivity contribution in [3.05, 3.63) is 71.1 Å². The molecule has 0 aliphatic rings. The SMILES string of the molecule is CC(C)(C)OC(=O)Nc1ccc(-c2cccs2)cc1NC(=O)c1ccc(CC(C#N)[PH](=O)O)cc1. The first-order valence-electron chi connectivity index (χ1n) is 10.8. The van der Waals surface area contributed by atoms with Gasteiger partial charge in [0.1, 0.15) is 11.3 Å². The summed E-state index contributed by atoms with van der Waals surface area (Å²) in [6.07, 6.45) is -0.518. The zero-order chi connectivity index (χ0) is 25.6. The molecule has 10 heteroatoms. The van der Waals surface area contributed by atoms with Crippen LogP contribution in [0, 0.1) is 11.3 Å². The molecule has 0 bridgehead atoms. The van der Waals surface area contributed by atoms with Crippen molar-refractivity contribution in [2.24, 2.45) is 0 Å². The molecule has 1 aromatic heterocycles. The second-order valence-electron chi connectivity index (χ2n) is 8.74. The molecule has 2 atom stereocenters. The highest BCUT2D eigenvalue weighted by Crippen LogP contribution is 2.32. The third-order valence-electron chi connectivity index (χ3n) is 4.82. The van der Waals surface area contributed by atoms with Crippen molar-refractivity contribution in [2.45, 2.75) is 38.5 Å². The summed E-state index contributed by atoms with van der Waals surface area (Å²) in [5.41, 5.74) is 1.04. The molecular weight excluding hydrogens is 485 g/mol. The lowest BCUT2D eigenvalue weighted by molar-refractivity contribution is 0.0635. The molecule has 2 aromatic carbocycles. The molecule has 0 spiro atoms. The van der Waals surface area contributed by atoms with E-state index in [4.69, 9.17) is 10.00 Å². The summed E-state index contributed by atoms with van der Waals surface area (Å²) in [6, 6.07) is 17.5. The molecule has 2 amide bonds. The summed E-state index contributed by atoms with van der Waals surface area (Å²) in [5.74, 6) is -0.403. The standard InChI is InChI=1S/C25H26N3O5PS/c1-25(2,3)33-24(30)28-20-11-10-18(22-5-4-12-35-22)14-21(20)27-23(29)17-8-6-16(7-9-17)13-19(15-26)34(31)32/h4-12,14,19,34H,13H2,1-3H3,(H,27,29)(H,28,30)(H,31,32). The Morgan fingerprint density at radius 3 is 2.40 bits per heavy atom. The van der Waals surface area contributed by atoms with Crippen LogP contribution >= 0.6 is 19.4 Å². The van der Waals surface area contributed by atoms with Crippen LogP contribution in [0.1, 0.15) is 36.7 Å². The van der Waals surface area contributed by atoms with Gasteiger partial charge in [-0.3, -0.25) is 14.7 Å². The molecule has 35 heavy (non-hydrogen) atoms. The highest BCUT2D eigenvalue weighted by atomic mass is 32.1. The van der Waals surface area contributed by atoms with E-state index >= 15 is 0 Å². The first-order chi connectivity index (χ1) is 16.6. The lowest BCUT2D eigenvalue weighted by Gasteiger charge is -2.21. The van der Waals surface area contributed by atoms with Crippen LogP contribution in [0.2, 0.25) is 0 Å². The number of rotatable bonds is 7. The van der Waals surface area contributed by atoms with Crippen LogP contribution in [0.4, 0.5) is 16.2 Å². The molecule has 0 saturated heterocycles. The van der Waals surface area contributed by atoms with E-state index in [0.717, 1.165) is 10.4 Å². The maximum Gasteiger partial charge on any atom is 0.412 e. The molecule has 0 radical (unpaired) electrons. The Hall–Kier alpha value is -3.44. The summed E-state index contributed by atoms with van der Waals surface area (Å²) in [7, 11) is -2.97. The smallest absolute Gasteiger partial charge is 0.412 e. The molecule has 182 valence electrons. The summed E-state index contributed by atoms with van der Waals surface area (Å²) >= 11 is 1.55. The van der Waals surface area contributed by atoms with Gasteiger partial charge in [0, 0.05) is 10.4 Å². The van der Waals surface area contributed by atoms with E-state index in [-0.39, 0.29) is 6.42 Å². The minimum absolute atomic E-state index is 0.125. The van der Waals surface area contributed by atoms with Gasteiger partial charge >= 0.3 is 6.09 Å². The average Bonchev–Trinajstić information content (AvgIpc) is 3.32. The van der Waals surface area contributed by atoms with Crippen molar-refractivity contribution >= 4 is 42.7 Å². The van der Waals surface area contributed by atoms with Gasteiger partial charge < -0.3 is 14.9 Å². The third kappa shape index (κ3) is 7.52. The zero-order valence-corrected chi connectivity index (χ0v) is 21.3. The van der Waals surface area contributed by atoms with Crippen molar-refractivity contribution in [1.29, 1.82) is 5.26 Å². The third-order valence-corrected chi connectivity index (χ3v) is 6.67. The predicted molar refractivity (Wildman–Crippen MR) is 138 cm³/mol. The molecule has 3 rings (SSSR count). The molecule has 3 N–H and O–H groups in total. The van der Waals surface area contributed by atoms with Crippen LogP contribution in [0.3, 0.4) is 0 Å². The number of thiophene rings is 1. The summed E-state index contributed by atoms with van der Waals surface area (Å²) < 4.78 is 16.6.